The van der Waals surface area contributed by atoms with Crippen LogP contribution in [0.1, 0.15) is 18.1 Å². The maximum absolute atomic E-state index is 13.1. The van der Waals surface area contributed by atoms with Gasteiger partial charge in [-0.25, -0.2) is 4.39 Å². The van der Waals surface area contributed by atoms with Gasteiger partial charge in [0, 0.05) is 13.6 Å². The van der Waals surface area contributed by atoms with E-state index in [1.54, 1.807) is 37.3 Å². The minimum atomic E-state index is -0.680. The van der Waals surface area contributed by atoms with Gasteiger partial charge in [0.1, 0.15) is 11.9 Å². The number of carbonyl (C=O) groups is 2. The molecule has 0 aliphatic heterocycles. The van der Waals surface area contributed by atoms with Crippen LogP contribution in [0.2, 0.25) is 10.0 Å². The van der Waals surface area contributed by atoms with E-state index in [0.29, 0.717) is 15.6 Å². The summed E-state index contributed by atoms with van der Waals surface area (Å²) in [4.78, 5) is 26.3. The SMILES string of the molecule is CNC(=O)[C@@H](C)N(Cc1ccc(F)cc1)C(=O)Cc1ccc(Cl)c(Cl)c1. The highest BCUT2D eigenvalue weighted by molar-refractivity contribution is 6.42. The minimum Gasteiger partial charge on any atom is -0.357 e. The van der Waals surface area contributed by atoms with E-state index in [-0.39, 0.29) is 30.6 Å². The van der Waals surface area contributed by atoms with Crippen LogP contribution in [0.25, 0.3) is 0 Å². The standard InChI is InChI=1S/C19H19Cl2FN2O2/c1-12(19(26)23-2)24(11-13-3-6-15(22)7-4-13)18(25)10-14-5-8-16(20)17(21)9-14/h3-9,12H,10-11H2,1-2H3,(H,23,26)/t12-/m1/s1. The van der Waals surface area contributed by atoms with Gasteiger partial charge in [0.15, 0.2) is 0 Å². The zero-order chi connectivity index (χ0) is 19.3. The van der Waals surface area contributed by atoms with Gasteiger partial charge in [-0.2, -0.15) is 0 Å². The Balaban J connectivity index is 2.23. The fraction of sp³-hybridized carbons (Fsp3) is 0.263. The van der Waals surface area contributed by atoms with Gasteiger partial charge in [0.05, 0.1) is 16.5 Å². The van der Waals surface area contributed by atoms with Crippen molar-refractivity contribution in [1.82, 2.24) is 10.2 Å². The molecule has 26 heavy (non-hydrogen) atoms. The maximum Gasteiger partial charge on any atom is 0.242 e. The van der Waals surface area contributed by atoms with Gasteiger partial charge in [-0.05, 0) is 42.3 Å². The molecule has 7 heteroatoms. The van der Waals surface area contributed by atoms with E-state index in [9.17, 15) is 14.0 Å². The lowest BCUT2D eigenvalue weighted by Gasteiger charge is -2.28. The third-order valence-electron chi connectivity index (χ3n) is 4.02. The summed E-state index contributed by atoms with van der Waals surface area (Å²) in [7, 11) is 1.51. The van der Waals surface area contributed by atoms with Crippen molar-refractivity contribution in [2.45, 2.75) is 25.9 Å². The van der Waals surface area contributed by atoms with Crippen LogP contribution in [0.3, 0.4) is 0 Å². The molecule has 0 unspecified atom stereocenters. The molecule has 2 aromatic carbocycles. The topological polar surface area (TPSA) is 49.4 Å². The van der Waals surface area contributed by atoms with Crippen molar-refractivity contribution in [3.8, 4) is 0 Å². The van der Waals surface area contributed by atoms with Crippen molar-refractivity contribution in [1.29, 1.82) is 0 Å². The number of benzene rings is 2. The van der Waals surface area contributed by atoms with Gasteiger partial charge >= 0.3 is 0 Å². The second-order valence-corrected chi connectivity index (χ2v) is 6.68. The highest BCUT2D eigenvalue weighted by Gasteiger charge is 2.25. The number of nitrogens with one attached hydrogen (secondary N) is 1. The van der Waals surface area contributed by atoms with Crippen molar-refractivity contribution < 1.29 is 14.0 Å². The Morgan fingerprint density at radius 3 is 2.27 bits per heavy atom. The second kappa shape index (κ2) is 9.01. The minimum absolute atomic E-state index is 0.0689. The van der Waals surface area contributed by atoms with Crippen molar-refractivity contribution in [3.05, 3.63) is 69.5 Å². The van der Waals surface area contributed by atoms with Gasteiger partial charge in [-0.15, -0.1) is 0 Å². The van der Waals surface area contributed by atoms with Crippen molar-refractivity contribution in [2.24, 2.45) is 0 Å². The van der Waals surface area contributed by atoms with E-state index < -0.39 is 6.04 Å². The number of hydrogen-bond acceptors (Lipinski definition) is 2. The molecule has 0 saturated heterocycles. The molecule has 0 spiro atoms. The molecule has 0 aliphatic carbocycles. The number of halogens is 3. The van der Waals surface area contributed by atoms with Crippen LogP contribution in [0, 0.1) is 5.82 Å². The number of carbonyl (C=O) groups excluding carboxylic acids is 2. The first-order valence-corrected chi connectivity index (χ1v) is 8.77. The van der Waals surface area contributed by atoms with E-state index in [1.165, 1.54) is 24.1 Å². The molecule has 2 rings (SSSR count). The summed E-state index contributed by atoms with van der Waals surface area (Å²) in [6.07, 6.45) is 0.0689. The van der Waals surface area contributed by atoms with Gasteiger partial charge < -0.3 is 10.2 Å². The average molecular weight is 397 g/mol. The van der Waals surface area contributed by atoms with E-state index in [4.69, 9.17) is 23.2 Å². The molecule has 2 aromatic rings. The number of amides is 2. The van der Waals surface area contributed by atoms with Crippen LogP contribution in [0.15, 0.2) is 42.5 Å². The molecular formula is C19H19Cl2FN2O2. The third-order valence-corrected chi connectivity index (χ3v) is 4.76. The molecule has 0 aliphatic rings. The van der Waals surface area contributed by atoms with Crippen LogP contribution in [-0.4, -0.2) is 29.8 Å². The zero-order valence-electron chi connectivity index (χ0n) is 14.4. The molecule has 1 atom stereocenters. The van der Waals surface area contributed by atoms with Crippen LogP contribution >= 0.6 is 23.2 Å². The van der Waals surface area contributed by atoms with E-state index in [2.05, 4.69) is 5.32 Å². The quantitative estimate of drug-likeness (QED) is 0.806. The molecular weight excluding hydrogens is 378 g/mol. The summed E-state index contributed by atoms with van der Waals surface area (Å²) in [5.41, 5.74) is 1.42. The summed E-state index contributed by atoms with van der Waals surface area (Å²) in [6.45, 7) is 1.84. The van der Waals surface area contributed by atoms with Crippen molar-refractivity contribution in [2.75, 3.05) is 7.05 Å². The zero-order valence-corrected chi connectivity index (χ0v) is 15.9. The monoisotopic (exact) mass is 396 g/mol. The highest BCUT2D eigenvalue weighted by atomic mass is 35.5. The highest BCUT2D eigenvalue weighted by Crippen LogP contribution is 2.23. The predicted molar refractivity (Wildman–Crippen MR) is 101 cm³/mol. The third kappa shape index (κ3) is 5.19. The lowest BCUT2D eigenvalue weighted by Crippen LogP contribution is -2.47. The Morgan fingerprint density at radius 2 is 1.69 bits per heavy atom. The first-order valence-electron chi connectivity index (χ1n) is 8.01. The number of rotatable bonds is 6. The van der Waals surface area contributed by atoms with Crippen molar-refractivity contribution >= 4 is 35.0 Å². The van der Waals surface area contributed by atoms with E-state index in [0.717, 1.165) is 5.56 Å². The largest absolute Gasteiger partial charge is 0.357 e. The lowest BCUT2D eigenvalue weighted by molar-refractivity contribution is -0.139. The Hall–Kier alpha value is -2.11. The summed E-state index contributed by atoms with van der Waals surface area (Å²) >= 11 is 11.9. The Labute approximate surface area is 161 Å². The summed E-state index contributed by atoms with van der Waals surface area (Å²) in [5, 5.41) is 3.31. The normalized spacial score (nSPS) is 11.7. The number of nitrogens with zero attached hydrogens (tertiary/aromatic N) is 1. The molecule has 4 nitrogen and oxygen atoms in total. The molecule has 0 bridgehead atoms. The summed E-state index contributed by atoms with van der Waals surface area (Å²) in [6, 6.07) is 10.1. The molecule has 0 heterocycles. The molecule has 0 radical (unpaired) electrons. The van der Waals surface area contributed by atoms with Gasteiger partial charge in [-0.1, -0.05) is 41.4 Å². The van der Waals surface area contributed by atoms with Crippen LogP contribution in [-0.2, 0) is 22.6 Å². The first-order chi connectivity index (χ1) is 12.3. The summed E-state index contributed by atoms with van der Waals surface area (Å²) < 4.78 is 13.1. The smallest absolute Gasteiger partial charge is 0.242 e. The fourth-order valence-electron chi connectivity index (χ4n) is 2.50. The second-order valence-electron chi connectivity index (χ2n) is 5.86. The maximum atomic E-state index is 13.1. The predicted octanol–water partition coefficient (Wildman–Crippen LogP) is 3.84. The first kappa shape index (κ1) is 20.2. The molecule has 138 valence electrons. The van der Waals surface area contributed by atoms with Crippen LogP contribution in [0.5, 0.6) is 0 Å². The fourth-order valence-corrected chi connectivity index (χ4v) is 2.82. The molecule has 1 N–H and O–H groups in total. The van der Waals surface area contributed by atoms with E-state index >= 15 is 0 Å². The lowest BCUT2D eigenvalue weighted by atomic mass is 10.1. The van der Waals surface area contributed by atoms with E-state index in [1.807, 2.05) is 0 Å². The Bertz CT molecular complexity index is 797. The number of likely N-dealkylation sites (N-methyl/N-ethyl adjacent to an activating group) is 1. The van der Waals surface area contributed by atoms with Crippen LogP contribution < -0.4 is 5.32 Å². The molecule has 0 saturated carbocycles. The Kier molecular flexibility index (Phi) is 7.00. The van der Waals surface area contributed by atoms with Gasteiger partial charge in [0.25, 0.3) is 0 Å². The van der Waals surface area contributed by atoms with Gasteiger partial charge in [-0.3, -0.25) is 9.59 Å². The average Bonchev–Trinajstić information content (AvgIpc) is 2.63. The molecule has 0 aromatic heterocycles. The van der Waals surface area contributed by atoms with Crippen molar-refractivity contribution in [3.63, 3.8) is 0 Å². The van der Waals surface area contributed by atoms with Crippen LogP contribution in [0.4, 0.5) is 4.39 Å². The Morgan fingerprint density at radius 1 is 1.08 bits per heavy atom. The summed E-state index contributed by atoms with van der Waals surface area (Å²) in [5.74, 6) is -0.889. The molecule has 0 fully saturated rings. The number of hydrogen-bond donors (Lipinski definition) is 1. The van der Waals surface area contributed by atoms with Gasteiger partial charge in [0.2, 0.25) is 11.8 Å². The molecule has 2 amide bonds.